The Morgan fingerprint density at radius 3 is 3.00 bits per heavy atom. The Hall–Kier alpha value is -1.26. The number of imidazole rings is 1. The van der Waals surface area contributed by atoms with E-state index in [0.29, 0.717) is 11.3 Å². The molecular weight excluding hydrogens is 278 g/mol. The van der Waals surface area contributed by atoms with Gasteiger partial charge < -0.3 is 9.88 Å². The van der Waals surface area contributed by atoms with Gasteiger partial charge in [-0.15, -0.1) is 0 Å². The summed E-state index contributed by atoms with van der Waals surface area (Å²) in [7, 11) is 2.07. The smallest absolute Gasteiger partial charge is 0.168 e. The van der Waals surface area contributed by atoms with Crippen molar-refractivity contribution < 1.29 is 0 Å². The number of hydrogen-bond acceptors (Lipinski definition) is 3. The predicted molar refractivity (Wildman–Crippen MR) is 88.7 cm³/mol. The molecular formula is C17H23N3S. The van der Waals surface area contributed by atoms with Crippen LogP contribution < -0.4 is 5.32 Å². The van der Waals surface area contributed by atoms with Crippen LogP contribution in [0.25, 0.3) is 0 Å². The second-order valence-electron chi connectivity index (χ2n) is 5.65. The van der Waals surface area contributed by atoms with Gasteiger partial charge in [-0.25, -0.2) is 4.98 Å². The summed E-state index contributed by atoms with van der Waals surface area (Å²) >= 11 is 1.91. The summed E-state index contributed by atoms with van der Waals surface area (Å²) in [6.07, 6.45) is 7.44. The lowest BCUT2D eigenvalue weighted by Gasteiger charge is -2.33. The largest absolute Gasteiger partial charge is 0.329 e. The molecule has 0 saturated carbocycles. The minimum atomic E-state index is 0.427. The minimum absolute atomic E-state index is 0.427. The van der Waals surface area contributed by atoms with Crippen LogP contribution >= 0.6 is 11.8 Å². The van der Waals surface area contributed by atoms with Gasteiger partial charge in [0.1, 0.15) is 0 Å². The number of nitrogens with one attached hydrogen (secondary N) is 1. The van der Waals surface area contributed by atoms with Crippen LogP contribution in [-0.2, 0) is 13.5 Å². The molecule has 0 radical (unpaired) electrons. The van der Waals surface area contributed by atoms with E-state index in [1.165, 1.54) is 30.4 Å². The van der Waals surface area contributed by atoms with Crippen LogP contribution in [-0.4, -0.2) is 21.3 Å². The maximum absolute atomic E-state index is 4.48. The van der Waals surface area contributed by atoms with Crippen LogP contribution in [0.5, 0.6) is 0 Å². The van der Waals surface area contributed by atoms with Crippen molar-refractivity contribution in [1.29, 1.82) is 0 Å². The Balaban J connectivity index is 1.84. The average molecular weight is 301 g/mol. The summed E-state index contributed by atoms with van der Waals surface area (Å²) in [5.74, 6) is 0. The zero-order valence-corrected chi connectivity index (χ0v) is 13.6. The lowest BCUT2D eigenvalue weighted by molar-refractivity contribution is 0.471. The van der Waals surface area contributed by atoms with Crippen molar-refractivity contribution in [1.82, 2.24) is 14.9 Å². The fourth-order valence-corrected chi connectivity index (χ4v) is 4.23. The molecule has 0 saturated heterocycles. The Morgan fingerprint density at radius 1 is 1.38 bits per heavy atom. The SMILES string of the molecule is CCCNC1c2ccccc2CCC1Sc1nccn1C. The van der Waals surface area contributed by atoms with Gasteiger partial charge in [0.25, 0.3) is 0 Å². The predicted octanol–water partition coefficient (Wildman–Crippen LogP) is 3.57. The fourth-order valence-electron chi connectivity index (χ4n) is 3.00. The molecule has 0 amide bonds. The van der Waals surface area contributed by atoms with Gasteiger partial charge in [0.15, 0.2) is 5.16 Å². The molecule has 1 N–H and O–H groups in total. The summed E-state index contributed by atoms with van der Waals surface area (Å²) in [6, 6.07) is 9.30. The lowest BCUT2D eigenvalue weighted by Crippen LogP contribution is -2.35. The van der Waals surface area contributed by atoms with E-state index in [1.54, 1.807) is 0 Å². The van der Waals surface area contributed by atoms with Gasteiger partial charge in [0.2, 0.25) is 0 Å². The zero-order valence-electron chi connectivity index (χ0n) is 12.7. The molecule has 2 atom stereocenters. The van der Waals surface area contributed by atoms with Gasteiger partial charge in [-0.3, -0.25) is 0 Å². The topological polar surface area (TPSA) is 29.9 Å². The van der Waals surface area contributed by atoms with E-state index in [4.69, 9.17) is 0 Å². The number of aromatic nitrogens is 2. The molecule has 3 rings (SSSR count). The van der Waals surface area contributed by atoms with E-state index >= 15 is 0 Å². The highest BCUT2D eigenvalue weighted by molar-refractivity contribution is 7.99. The third kappa shape index (κ3) is 3.16. The molecule has 0 spiro atoms. The third-order valence-corrected chi connectivity index (χ3v) is 5.52. The highest BCUT2D eigenvalue weighted by atomic mass is 32.2. The number of nitrogens with zero attached hydrogens (tertiary/aromatic N) is 2. The van der Waals surface area contributed by atoms with E-state index in [9.17, 15) is 0 Å². The first-order valence-electron chi connectivity index (χ1n) is 7.74. The molecule has 1 aliphatic rings. The normalized spacial score (nSPS) is 21.2. The monoisotopic (exact) mass is 301 g/mol. The number of aryl methyl sites for hydroxylation is 2. The number of fused-ring (bicyclic) bond motifs is 1. The quantitative estimate of drug-likeness (QED) is 0.915. The van der Waals surface area contributed by atoms with E-state index < -0.39 is 0 Å². The highest BCUT2D eigenvalue weighted by Crippen LogP contribution is 2.39. The number of thioether (sulfide) groups is 1. The standard InChI is InChI=1S/C17H23N3S/c1-3-10-18-16-14-7-5-4-6-13(14)8-9-15(16)21-17-19-11-12-20(17)2/h4-7,11-12,15-16,18H,3,8-10H2,1-2H3. The van der Waals surface area contributed by atoms with Crippen LogP contribution in [0, 0.1) is 0 Å². The van der Waals surface area contributed by atoms with Gasteiger partial charge in [0, 0.05) is 30.7 Å². The van der Waals surface area contributed by atoms with Crippen molar-refractivity contribution in [3.05, 3.63) is 47.8 Å². The number of hydrogen-bond donors (Lipinski definition) is 1. The first kappa shape index (κ1) is 14.7. The molecule has 1 aromatic heterocycles. The van der Waals surface area contributed by atoms with Crippen molar-refractivity contribution >= 4 is 11.8 Å². The van der Waals surface area contributed by atoms with Gasteiger partial charge in [-0.05, 0) is 36.9 Å². The molecule has 1 heterocycles. The van der Waals surface area contributed by atoms with Crippen molar-refractivity contribution in [3.8, 4) is 0 Å². The van der Waals surface area contributed by atoms with Crippen LogP contribution in [0.2, 0.25) is 0 Å². The second-order valence-corrected chi connectivity index (χ2v) is 6.85. The number of rotatable bonds is 5. The first-order valence-corrected chi connectivity index (χ1v) is 8.62. The van der Waals surface area contributed by atoms with Crippen LogP contribution in [0.1, 0.15) is 36.9 Å². The number of benzene rings is 1. The summed E-state index contributed by atoms with van der Waals surface area (Å²) in [5, 5.41) is 5.41. The van der Waals surface area contributed by atoms with Crippen LogP contribution in [0.3, 0.4) is 0 Å². The molecule has 2 unspecified atom stereocenters. The van der Waals surface area contributed by atoms with Crippen molar-refractivity contribution in [2.45, 2.75) is 42.6 Å². The van der Waals surface area contributed by atoms with Crippen molar-refractivity contribution in [2.24, 2.45) is 7.05 Å². The summed E-state index contributed by atoms with van der Waals surface area (Å²) in [4.78, 5) is 4.48. The Labute approximate surface area is 131 Å². The summed E-state index contributed by atoms with van der Waals surface area (Å²) < 4.78 is 2.11. The lowest BCUT2D eigenvalue weighted by atomic mass is 9.87. The van der Waals surface area contributed by atoms with E-state index in [0.717, 1.165) is 11.7 Å². The molecule has 1 aromatic carbocycles. The molecule has 0 fully saturated rings. The van der Waals surface area contributed by atoms with Crippen molar-refractivity contribution in [2.75, 3.05) is 6.54 Å². The molecule has 112 valence electrons. The molecule has 4 heteroatoms. The molecule has 0 bridgehead atoms. The molecule has 2 aromatic rings. The van der Waals surface area contributed by atoms with E-state index in [1.807, 2.05) is 24.2 Å². The van der Waals surface area contributed by atoms with Crippen molar-refractivity contribution in [3.63, 3.8) is 0 Å². The van der Waals surface area contributed by atoms with Crippen LogP contribution in [0.15, 0.2) is 41.8 Å². The Kier molecular flexibility index (Phi) is 4.66. The second kappa shape index (κ2) is 6.67. The maximum atomic E-state index is 4.48. The molecule has 21 heavy (non-hydrogen) atoms. The Bertz CT molecular complexity index is 593. The average Bonchev–Trinajstić information content (AvgIpc) is 2.91. The third-order valence-electron chi connectivity index (χ3n) is 4.11. The van der Waals surface area contributed by atoms with E-state index in [-0.39, 0.29) is 0 Å². The van der Waals surface area contributed by atoms with Gasteiger partial charge >= 0.3 is 0 Å². The molecule has 0 aliphatic heterocycles. The van der Waals surface area contributed by atoms with Gasteiger partial charge in [-0.2, -0.15) is 0 Å². The molecule has 3 nitrogen and oxygen atoms in total. The van der Waals surface area contributed by atoms with Gasteiger partial charge in [0.05, 0.1) is 0 Å². The molecule has 1 aliphatic carbocycles. The zero-order chi connectivity index (χ0) is 14.7. The minimum Gasteiger partial charge on any atom is -0.329 e. The highest BCUT2D eigenvalue weighted by Gasteiger charge is 2.30. The van der Waals surface area contributed by atoms with E-state index in [2.05, 4.69) is 53.1 Å². The summed E-state index contributed by atoms with van der Waals surface area (Å²) in [6.45, 7) is 3.29. The maximum Gasteiger partial charge on any atom is 0.168 e. The fraction of sp³-hybridized carbons (Fsp3) is 0.471. The summed E-state index contributed by atoms with van der Waals surface area (Å²) in [5.41, 5.74) is 2.98. The van der Waals surface area contributed by atoms with Crippen LogP contribution in [0.4, 0.5) is 0 Å². The first-order chi connectivity index (χ1) is 10.3. The Morgan fingerprint density at radius 2 is 2.24 bits per heavy atom. The van der Waals surface area contributed by atoms with Gasteiger partial charge in [-0.1, -0.05) is 43.0 Å².